The van der Waals surface area contributed by atoms with Crippen LogP contribution in [0.4, 0.5) is 8.78 Å². The second-order valence-electron chi connectivity index (χ2n) is 6.49. The van der Waals surface area contributed by atoms with Crippen molar-refractivity contribution >= 4 is 18.1 Å². The number of benzene rings is 2. The van der Waals surface area contributed by atoms with Gasteiger partial charge >= 0.3 is 12.6 Å². The SMILES string of the molecule is O=C(O)Cc1cccc(C=Cc2ccc(OC(F)F)c(OCC3CC3)c2)c1. The molecule has 0 bridgehead atoms. The van der Waals surface area contributed by atoms with Gasteiger partial charge in [0.15, 0.2) is 11.5 Å². The van der Waals surface area contributed by atoms with Crippen LogP contribution in [0.25, 0.3) is 12.2 Å². The molecule has 1 aliphatic carbocycles. The number of carbonyl (C=O) groups is 1. The van der Waals surface area contributed by atoms with Gasteiger partial charge in [0.2, 0.25) is 0 Å². The van der Waals surface area contributed by atoms with E-state index in [2.05, 4.69) is 4.74 Å². The van der Waals surface area contributed by atoms with Crippen LogP contribution in [0.3, 0.4) is 0 Å². The van der Waals surface area contributed by atoms with Gasteiger partial charge in [0, 0.05) is 0 Å². The highest BCUT2D eigenvalue weighted by Crippen LogP contribution is 2.34. The second-order valence-corrected chi connectivity index (χ2v) is 6.49. The minimum absolute atomic E-state index is 0.0197. The van der Waals surface area contributed by atoms with Crippen LogP contribution in [-0.2, 0) is 11.2 Å². The molecule has 1 N–H and O–H groups in total. The molecule has 27 heavy (non-hydrogen) atoms. The minimum atomic E-state index is -2.91. The maximum absolute atomic E-state index is 12.6. The number of hydrogen-bond donors (Lipinski definition) is 1. The highest BCUT2D eigenvalue weighted by atomic mass is 19.3. The number of alkyl halides is 2. The van der Waals surface area contributed by atoms with E-state index < -0.39 is 12.6 Å². The zero-order valence-corrected chi connectivity index (χ0v) is 14.6. The zero-order chi connectivity index (χ0) is 19.2. The summed E-state index contributed by atoms with van der Waals surface area (Å²) >= 11 is 0. The largest absolute Gasteiger partial charge is 0.489 e. The first-order valence-corrected chi connectivity index (χ1v) is 8.70. The van der Waals surface area contributed by atoms with E-state index in [-0.39, 0.29) is 12.2 Å². The molecule has 0 spiro atoms. The third kappa shape index (κ3) is 6.09. The molecule has 0 heterocycles. The Balaban J connectivity index is 1.75. The summed E-state index contributed by atoms with van der Waals surface area (Å²) in [5.74, 6) is -0.0843. The third-order valence-electron chi connectivity index (χ3n) is 4.13. The molecule has 0 radical (unpaired) electrons. The Morgan fingerprint density at radius 1 is 1.11 bits per heavy atom. The Bertz CT molecular complexity index is 829. The standard InChI is InChI=1S/C21H20F2O4/c22-21(23)27-18-9-8-15(11-19(18)26-13-16-6-7-16)5-4-14-2-1-3-17(10-14)12-20(24)25/h1-5,8-11,16,21H,6-7,12-13H2,(H,24,25). The smallest absolute Gasteiger partial charge is 0.387 e. The highest BCUT2D eigenvalue weighted by molar-refractivity contribution is 5.73. The second kappa shape index (κ2) is 8.66. The van der Waals surface area contributed by atoms with Crippen molar-refractivity contribution in [2.45, 2.75) is 25.9 Å². The molecule has 2 aromatic rings. The quantitative estimate of drug-likeness (QED) is 0.636. The van der Waals surface area contributed by atoms with E-state index in [9.17, 15) is 13.6 Å². The van der Waals surface area contributed by atoms with Gasteiger partial charge in [0.1, 0.15) is 0 Å². The molecular formula is C21H20F2O4. The number of halogens is 2. The van der Waals surface area contributed by atoms with Crippen molar-refractivity contribution in [3.63, 3.8) is 0 Å². The van der Waals surface area contributed by atoms with Gasteiger partial charge in [-0.3, -0.25) is 4.79 Å². The Hall–Kier alpha value is -2.89. The topological polar surface area (TPSA) is 55.8 Å². The van der Waals surface area contributed by atoms with Crippen LogP contribution in [-0.4, -0.2) is 24.3 Å². The molecule has 1 saturated carbocycles. The van der Waals surface area contributed by atoms with Crippen LogP contribution in [0.15, 0.2) is 42.5 Å². The number of carboxylic acid groups (broad SMARTS) is 1. The predicted molar refractivity (Wildman–Crippen MR) is 98.0 cm³/mol. The van der Waals surface area contributed by atoms with Crippen molar-refractivity contribution in [3.8, 4) is 11.5 Å². The lowest BCUT2D eigenvalue weighted by Crippen LogP contribution is -2.06. The summed E-state index contributed by atoms with van der Waals surface area (Å²) in [4.78, 5) is 10.8. The highest BCUT2D eigenvalue weighted by Gasteiger charge is 2.23. The van der Waals surface area contributed by atoms with Gasteiger partial charge in [-0.15, -0.1) is 0 Å². The lowest BCUT2D eigenvalue weighted by atomic mass is 10.1. The predicted octanol–water partition coefficient (Wildman–Crippen LogP) is 4.87. The van der Waals surface area contributed by atoms with Gasteiger partial charge in [-0.2, -0.15) is 8.78 Å². The van der Waals surface area contributed by atoms with Crippen molar-refractivity contribution in [2.75, 3.05) is 6.61 Å². The first-order chi connectivity index (χ1) is 13.0. The van der Waals surface area contributed by atoms with Crippen LogP contribution in [0.5, 0.6) is 11.5 Å². The van der Waals surface area contributed by atoms with Crippen LogP contribution < -0.4 is 9.47 Å². The molecule has 0 aliphatic heterocycles. The third-order valence-corrected chi connectivity index (χ3v) is 4.13. The van der Waals surface area contributed by atoms with Crippen molar-refractivity contribution in [3.05, 3.63) is 59.2 Å². The fourth-order valence-electron chi connectivity index (χ4n) is 2.60. The summed E-state index contributed by atoms with van der Waals surface area (Å²) in [6, 6.07) is 12.0. The molecule has 1 aliphatic rings. The first-order valence-electron chi connectivity index (χ1n) is 8.70. The van der Waals surface area contributed by atoms with Crippen LogP contribution >= 0.6 is 0 Å². The molecule has 0 aromatic heterocycles. The Morgan fingerprint density at radius 3 is 2.52 bits per heavy atom. The van der Waals surface area contributed by atoms with Crippen LogP contribution in [0, 0.1) is 5.92 Å². The molecule has 4 nitrogen and oxygen atoms in total. The average molecular weight is 374 g/mol. The summed E-state index contributed by atoms with van der Waals surface area (Å²) in [6.45, 7) is -2.42. The summed E-state index contributed by atoms with van der Waals surface area (Å²) in [7, 11) is 0. The van der Waals surface area contributed by atoms with Crippen molar-refractivity contribution in [1.82, 2.24) is 0 Å². The number of aliphatic carboxylic acids is 1. The fourth-order valence-corrected chi connectivity index (χ4v) is 2.60. The monoisotopic (exact) mass is 374 g/mol. The molecular weight excluding hydrogens is 354 g/mol. The van der Waals surface area contributed by atoms with E-state index in [0.717, 1.165) is 24.0 Å². The van der Waals surface area contributed by atoms with Gasteiger partial charge < -0.3 is 14.6 Å². The molecule has 142 valence electrons. The molecule has 0 saturated heterocycles. The van der Waals surface area contributed by atoms with Gasteiger partial charge in [-0.05, 0) is 47.6 Å². The van der Waals surface area contributed by atoms with Crippen molar-refractivity contribution in [2.24, 2.45) is 5.92 Å². The minimum Gasteiger partial charge on any atom is -0.489 e. The van der Waals surface area contributed by atoms with E-state index in [1.807, 2.05) is 18.2 Å². The Kier molecular flexibility index (Phi) is 6.06. The van der Waals surface area contributed by atoms with E-state index in [4.69, 9.17) is 9.84 Å². The molecule has 0 unspecified atom stereocenters. The van der Waals surface area contributed by atoms with E-state index >= 15 is 0 Å². The van der Waals surface area contributed by atoms with Gasteiger partial charge in [0.05, 0.1) is 13.0 Å². The Labute approximate surface area is 156 Å². The molecule has 1 fully saturated rings. The molecule has 0 atom stereocenters. The normalized spacial score (nSPS) is 13.9. The number of hydrogen-bond acceptors (Lipinski definition) is 3. The van der Waals surface area contributed by atoms with E-state index in [0.29, 0.717) is 23.8 Å². The van der Waals surface area contributed by atoms with Crippen LogP contribution in [0.2, 0.25) is 0 Å². The average Bonchev–Trinajstić information content (AvgIpc) is 3.43. The lowest BCUT2D eigenvalue weighted by molar-refractivity contribution is -0.136. The van der Waals surface area contributed by atoms with Crippen LogP contribution in [0.1, 0.15) is 29.5 Å². The summed E-state index contributed by atoms with van der Waals surface area (Å²) in [6.07, 6.45) is 5.80. The Morgan fingerprint density at radius 2 is 1.85 bits per heavy atom. The zero-order valence-electron chi connectivity index (χ0n) is 14.6. The molecule has 2 aromatic carbocycles. The van der Waals surface area contributed by atoms with Gasteiger partial charge in [0.25, 0.3) is 0 Å². The first kappa shape index (κ1) is 18.9. The summed E-state index contributed by atoms with van der Waals surface area (Å²) < 4.78 is 35.3. The van der Waals surface area contributed by atoms with Crippen molar-refractivity contribution in [1.29, 1.82) is 0 Å². The van der Waals surface area contributed by atoms with Gasteiger partial charge in [-0.25, -0.2) is 0 Å². The number of rotatable bonds is 9. The fraction of sp³-hybridized carbons (Fsp3) is 0.286. The molecule has 0 amide bonds. The van der Waals surface area contributed by atoms with E-state index in [1.165, 1.54) is 6.07 Å². The van der Waals surface area contributed by atoms with Gasteiger partial charge in [-0.1, -0.05) is 42.5 Å². The lowest BCUT2D eigenvalue weighted by Gasteiger charge is -2.12. The number of carboxylic acids is 1. The summed E-state index contributed by atoms with van der Waals surface area (Å²) in [5.41, 5.74) is 2.33. The molecule has 6 heteroatoms. The maximum Gasteiger partial charge on any atom is 0.387 e. The maximum atomic E-state index is 12.6. The van der Waals surface area contributed by atoms with Crippen molar-refractivity contribution < 1.29 is 28.2 Å². The number of ether oxygens (including phenoxy) is 2. The molecule has 3 rings (SSSR count). The summed E-state index contributed by atoms with van der Waals surface area (Å²) in [5, 5.41) is 8.88. The van der Waals surface area contributed by atoms with E-state index in [1.54, 1.807) is 30.3 Å².